The molecule has 31 heavy (non-hydrogen) atoms. The second kappa shape index (κ2) is 9.20. The molecule has 3 aromatic rings. The smallest absolute Gasteiger partial charge is 0.254 e. The van der Waals surface area contributed by atoms with Crippen molar-refractivity contribution in [2.24, 2.45) is 5.92 Å². The van der Waals surface area contributed by atoms with Gasteiger partial charge in [0.1, 0.15) is 5.65 Å². The first-order valence-electron chi connectivity index (χ1n) is 11.3. The fourth-order valence-corrected chi connectivity index (χ4v) is 4.83. The summed E-state index contributed by atoms with van der Waals surface area (Å²) in [5.41, 5.74) is 4.17. The lowest BCUT2D eigenvalue weighted by molar-refractivity contribution is 0.0735. The van der Waals surface area contributed by atoms with Crippen molar-refractivity contribution in [3.63, 3.8) is 0 Å². The minimum atomic E-state index is 0.135. The van der Waals surface area contributed by atoms with Crippen LogP contribution in [0.1, 0.15) is 34.3 Å². The van der Waals surface area contributed by atoms with Crippen LogP contribution in [-0.2, 0) is 17.7 Å². The summed E-state index contributed by atoms with van der Waals surface area (Å²) in [5, 5.41) is 0. The molecule has 1 amide bonds. The van der Waals surface area contributed by atoms with Crippen LogP contribution in [0, 0.1) is 5.92 Å². The predicted octanol–water partition coefficient (Wildman–Crippen LogP) is 3.26. The fraction of sp³-hybridized carbons (Fsp3) is 0.440. The number of nitrogens with zero attached hydrogens (tertiary/aromatic N) is 4. The highest BCUT2D eigenvalue weighted by molar-refractivity contribution is 5.95. The van der Waals surface area contributed by atoms with Gasteiger partial charge in [-0.15, -0.1) is 0 Å². The molecular weight excluding hydrogens is 388 g/mol. The zero-order valence-corrected chi connectivity index (χ0v) is 17.9. The van der Waals surface area contributed by atoms with E-state index in [9.17, 15) is 4.79 Å². The van der Waals surface area contributed by atoms with Crippen molar-refractivity contribution in [1.82, 2.24) is 19.2 Å². The maximum atomic E-state index is 13.5. The van der Waals surface area contributed by atoms with Gasteiger partial charge in [-0.1, -0.05) is 24.3 Å². The molecule has 2 saturated heterocycles. The van der Waals surface area contributed by atoms with E-state index in [1.54, 1.807) is 0 Å². The lowest BCUT2D eigenvalue weighted by Crippen LogP contribution is -2.37. The number of ether oxygens (including phenoxy) is 1. The Morgan fingerprint density at radius 1 is 1.10 bits per heavy atom. The monoisotopic (exact) mass is 418 g/mol. The SMILES string of the molecule is O=C(c1ccccc1CN1CCCC1)N1CCOCC(Cc2ccc3nccn3c2)C1. The number of hydrogen-bond donors (Lipinski definition) is 0. The summed E-state index contributed by atoms with van der Waals surface area (Å²) in [6.07, 6.45) is 9.31. The van der Waals surface area contributed by atoms with Crippen molar-refractivity contribution in [2.45, 2.75) is 25.8 Å². The number of aromatic nitrogens is 2. The van der Waals surface area contributed by atoms with E-state index in [1.165, 1.54) is 18.4 Å². The van der Waals surface area contributed by atoms with Gasteiger partial charge in [-0.2, -0.15) is 0 Å². The molecule has 1 unspecified atom stereocenters. The van der Waals surface area contributed by atoms with Crippen LogP contribution in [0.15, 0.2) is 55.0 Å². The minimum Gasteiger partial charge on any atom is -0.379 e. The summed E-state index contributed by atoms with van der Waals surface area (Å²) in [7, 11) is 0. The molecule has 4 heterocycles. The molecule has 0 spiro atoms. The van der Waals surface area contributed by atoms with Gasteiger partial charge in [-0.05, 0) is 55.6 Å². The third kappa shape index (κ3) is 4.65. The van der Waals surface area contributed by atoms with E-state index in [0.29, 0.717) is 19.8 Å². The Morgan fingerprint density at radius 2 is 1.97 bits per heavy atom. The number of amides is 1. The van der Waals surface area contributed by atoms with Gasteiger partial charge < -0.3 is 14.0 Å². The molecular formula is C25H30N4O2. The lowest BCUT2D eigenvalue weighted by atomic mass is 9.99. The van der Waals surface area contributed by atoms with Crippen molar-refractivity contribution < 1.29 is 9.53 Å². The number of rotatable bonds is 5. The molecule has 6 nitrogen and oxygen atoms in total. The summed E-state index contributed by atoms with van der Waals surface area (Å²) in [6, 6.07) is 12.3. The van der Waals surface area contributed by atoms with E-state index in [4.69, 9.17) is 4.74 Å². The van der Waals surface area contributed by atoms with E-state index in [2.05, 4.69) is 28.2 Å². The molecule has 1 atom stereocenters. The molecule has 0 saturated carbocycles. The molecule has 0 radical (unpaired) electrons. The van der Waals surface area contributed by atoms with Crippen LogP contribution in [0.5, 0.6) is 0 Å². The van der Waals surface area contributed by atoms with Crippen molar-refractivity contribution in [1.29, 1.82) is 0 Å². The number of benzene rings is 1. The molecule has 2 fully saturated rings. The molecule has 0 bridgehead atoms. The average molecular weight is 419 g/mol. The fourth-order valence-electron chi connectivity index (χ4n) is 4.83. The second-order valence-corrected chi connectivity index (χ2v) is 8.77. The Kier molecular flexibility index (Phi) is 6.00. The Morgan fingerprint density at radius 3 is 2.87 bits per heavy atom. The van der Waals surface area contributed by atoms with Crippen LogP contribution in [-0.4, -0.2) is 64.5 Å². The minimum absolute atomic E-state index is 0.135. The Balaban J connectivity index is 1.30. The highest BCUT2D eigenvalue weighted by atomic mass is 16.5. The molecule has 2 aliphatic rings. The quantitative estimate of drug-likeness (QED) is 0.638. The first-order chi connectivity index (χ1) is 15.3. The van der Waals surface area contributed by atoms with Gasteiger partial charge in [-0.25, -0.2) is 4.98 Å². The normalized spacial score (nSPS) is 20.3. The van der Waals surface area contributed by atoms with Gasteiger partial charge in [0.25, 0.3) is 5.91 Å². The van der Waals surface area contributed by atoms with Gasteiger partial charge in [0.15, 0.2) is 0 Å². The van der Waals surface area contributed by atoms with E-state index < -0.39 is 0 Å². The third-order valence-electron chi connectivity index (χ3n) is 6.44. The summed E-state index contributed by atoms with van der Waals surface area (Å²) in [4.78, 5) is 22.3. The Labute approximate surface area is 183 Å². The maximum absolute atomic E-state index is 13.5. The van der Waals surface area contributed by atoms with Crippen LogP contribution >= 0.6 is 0 Å². The van der Waals surface area contributed by atoms with E-state index in [-0.39, 0.29) is 11.8 Å². The molecule has 5 rings (SSSR count). The van der Waals surface area contributed by atoms with Gasteiger partial charge in [0, 0.05) is 49.7 Å². The highest BCUT2D eigenvalue weighted by Crippen LogP contribution is 2.20. The second-order valence-electron chi connectivity index (χ2n) is 8.77. The highest BCUT2D eigenvalue weighted by Gasteiger charge is 2.26. The van der Waals surface area contributed by atoms with Gasteiger partial charge >= 0.3 is 0 Å². The summed E-state index contributed by atoms with van der Waals surface area (Å²) in [5.74, 6) is 0.411. The van der Waals surface area contributed by atoms with Crippen LogP contribution < -0.4 is 0 Å². The molecule has 2 aromatic heterocycles. The molecule has 162 valence electrons. The maximum Gasteiger partial charge on any atom is 0.254 e. The first-order valence-corrected chi connectivity index (χ1v) is 11.3. The summed E-state index contributed by atoms with van der Waals surface area (Å²) >= 11 is 0. The number of carbonyl (C=O) groups is 1. The largest absolute Gasteiger partial charge is 0.379 e. The Hall–Kier alpha value is -2.70. The van der Waals surface area contributed by atoms with Gasteiger partial charge in [-0.3, -0.25) is 9.69 Å². The number of pyridine rings is 1. The number of fused-ring (bicyclic) bond motifs is 1. The number of hydrogen-bond acceptors (Lipinski definition) is 4. The van der Waals surface area contributed by atoms with E-state index >= 15 is 0 Å². The standard InChI is InChI=1S/C25H30N4O2/c30-25(23-6-2-1-5-22(23)18-27-10-3-4-11-27)29-13-14-31-19-21(17-29)15-20-7-8-24-26-9-12-28(24)16-20/h1-2,5-9,12,16,21H,3-4,10-11,13-15,17-19H2. The molecule has 0 aliphatic carbocycles. The first kappa shape index (κ1) is 20.2. The summed E-state index contributed by atoms with van der Waals surface area (Å²) in [6.45, 7) is 5.76. The zero-order chi connectivity index (χ0) is 21.0. The van der Waals surface area contributed by atoms with Crippen molar-refractivity contribution in [2.75, 3.05) is 39.4 Å². The van der Waals surface area contributed by atoms with Crippen molar-refractivity contribution >= 4 is 11.6 Å². The van der Waals surface area contributed by atoms with Crippen LogP contribution in [0.4, 0.5) is 0 Å². The molecule has 1 aromatic carbocycles. The van der Waals surface area contributed by atoms with E-state index in [0.717, 1.165) is 49.4 Å². The molecule has 6 heteroatoms. The van der Waals surface area contributed by atoms with Crippen LogP contribution in [0.25, 0.3) is 5.65 Å². The molecule has 0 N–H and O–H groups in total. The number of carbonyl (C=O) groups excluding carboxylic acids is 1. The summed E-state index contributed by atoms with van der Waals surface area (Å²) < 4.78 is 7.93. The number of imidazole rings is 1. The lowest BCUT2D eigenvalue weighted by Gasteiger charge is -2.25. The molecule has 2 aliphatic heterocycles. The Bertz CT molecular complexity index is 1040. The number of likely N-dealkylation sites (tertiary alicyclic amines) is 1. The topological polar surface area (TPSA) is 50.1 Å². The van der Waals surface area contributed by atoms with E-state index in [1.807, 2.05) is 46.0 Å². The van der Waals surface area contributed by atoms with Gasteiger partial charge in [0.2, 0.25) is 0 Å². The van der Waals surface area contributed by atoms with Crippen molar-refractivity contribution in [3.05, 3.63) is 71.7 Å². The zero-order valence-electron chi connectivity index (χ0n) is 17.9. The predicted molar refractivity (Wildman–Crippen MR) is 120 cm³/mol. The average Bonchev–Trinajstić information content (AvgIpc) is 3.42. The van der Waals surface area contributed by atoms with Crippen LogP contribution in [0.2, 0.25) is 0 Å². The van der Waals surface area contributed by atoms with Crippen molar-refractivity contribution in [3.8, 4) is 0 Å². The van der Waals surface area contributed by atoms with Crippen LogP contribution in [0.3, 0.4) is 0 Å². The van der Waals surface area contributed by atoms with Gasteiger partial charge in [0.05, 0.1) is 13.2 Å². The third-order valence-corrected chi connectivity index (χ3v) is 6.44.